The fourth-order valence-corrected chi connectivity index (χ4v) is 3.31. The van der Waals surface area contributed by atoms with Crippen LogP contribution in [-0.4, -0.2) is 31.4 Å². The first-order valence-electron chi connectivity index (χ1n) is 8.09. The minimum Gasteiger partial charge on any atom is -0.325 e. The van der Waals surface area contributed by atoms with Crippen LogP contribution in [0.5, 0.6) is 0 Å². The number of nitrogens with one attached hydrogen (secondary N) is 1. The molecule has 136 valence electrons. The molecule has 6 nitrogen and oxygen atoms in total. The summed E-state index contributed by atoms with van der Waals surface area (Å²) in [7, 11) is -3.46. The molecular weight excluding hydrogens is 350 g/mol. The number of nitrogens with zero attached hydrogens (tertiary/aromatic N) is 2. The predicted octanol–water partition coefficient (Wildman–Crippen LogP) is 2.66. The highest BCUT2D eigenvalue weighted by Crippen LogP contribution is 2.15. The van der Waals surface area contributed by atoms with E-state index in [1.54, 1.807) is 24.3 Å². The molecule has 2 aromatic carbocycles. The second kappa shape index (κ2) is 8.61. The van der Waals surface area contributed by atoms with Gasteiger partial charge in [0, 0.05) is 19.5 Å². The second-order valence-electron chi connectivity index (χ2n) is 6.04. The number of nitriles is 1. The van der Waals surface area contributed by atoms with Gasteiger partial charge >= 0.3 is 0 Å². The first-order valence-corrected chi connectivity index (χ1v) is 9.94. The average molecular weight is 371 g/mol. The van der Waals surface area contributed by atoms with Gasteiger partial charge in [0.05, 0.1) is 17.5 Å². The van der Waals surface area contributed by atoms with Gasteiger partial charge < -0.3 is 5.32 Å². The molecule has 1 N–H and O–H groups in total. The molecule has 7 heteroatoms. The molecule has 0 aliphatic rings. The Morgan fingerprint density at radius 1 is 1.19 bits per heavy atom. The van der Waals surface area contributed by atoms with Crippen LogP contribution in [0.15, 0.2) is 48.5 Å². The topological polar surface area (TPSA) is 90.3 Å². The van der Waals surface area contributed by atoms with Crippen molar-refractivity contribution >= 4 is 21.6 Å². The van der Waals surface area contributed by atoms with E-state index in [1.807, 2.05) is 37.3 Å². The zero-order chi connectivity index (χ0) is 19.2. The molecule has 0 atom stereocenters. The van der Waals surface area contributed by atoms with Crippen LogP contribution in [0.2, 0.25) is 0 Å². The van der Waals surface area contributed by atoms with Gasteiger partial charge in [-0.05, 0) is 24.6 Å². The van der Waals surface area contributed by atoms with Crippen molar-refractivity contribution in [2.45, 2.75) is 19.9 Å². The lowest BCUT2D eigenvalue weighted by Crippen LogP contribution is -2.32. The zero-order valence-electron chi connectivity index (χ0n) is 14.8. The third-order valence-corrected chi connectivity index (χ3v) is 5.07. The van der Waals surface area contributed by atoms with E-state index in [2.05, 4.69) is 5.32 Å². The minimum absolute atomic E-state index is 0.00134. The lowest BCUT2D eigenvalue weighted by Gasteiger charge is -2.20. The molecule has 2 rings (SSSR count). The number of hydrogen-bond acceptors (Lipinski definition) is 4. The number of carbonyl (C=O) groups is 1. The van der Waals surface area contributed by atoms with Crippen LogP contribution < -0.4 is 5.32 Å². The summed E-state index contributed by atoms with van der Waals surface area (Å²) in [4.78, 5) is 12.2. The smallest absolute Gasteiger partial charge is 0.225 e. The first-order chi connectivity index (χ1) is 12.3. The molecule has 0 heterocycles. The van der Waals surface area contributed by atoms with Gasteiger partial charge in [-0.2, -0.15) is 9.57 Å². The lowest BCUT2D eigenvalue weighted by molar-refractivity contribution is -0.116. The third kappa shape index (κ3) is 5.69. The highest BCUT2D eigenvalue weighted by molar-refractivity contribution is 7.88. The second-order valence-corrected chi connectivity index (χ2v) is 8.02. The Morgan fingerprint density at radius 3 is 2.58 bits per heavy atom. The highest BCUT2D eigenvalue weighted by Gasteiger charge is 2.18. The molecule has 0 radical (unpaired) electrons. The molecule has 0 unspecified atom stereocenters. The SMILES string of the molecule is Cc1cccc(CN(CCC(=O)Nc2ccccc2C#N)S(C)(=O)=O)c1. The number of rotatable bonds is 7. The van der Waals surface area contributed by atoms with Gasteiger partial charge in [-0.1, -0.05) is 42.0 Å². The van der Waals surface area contributed by atoms with E-state index in [4.69, 9.17) is 5.26 Å². The van der Waals surface area contributed by atoms with E-state index < -0.39 is 10.0 Å². The summed E-state index contributed by atoms with van der Waals surface area (Å²) < 4.78 is 25.4. The van der Waals surface area contributed by atoms with Crippen LogP contribution >= 0.6 is 0 Å². The quantitative estimate of drug-likeness (QED) is 0.810. The Kier molecular flexibility index (Phi) is 6.50. The highest BCUT2D eigenvalue weighted by atomic mass is 32.2. The number of amides is 1. The largest absolute Gasteiger partial charge is 0.325 e. The lowest BCUT2D eigenvalue weighted by atomic mass is 10.1. The van der Waals surface area contributed by atoms with E-state index in [0.717, 1.165) is 17.4 Å². The number of aryl methyl sites for hydroxylation is 1. The van der Waals surface area contributed by atoms with Crippen LogP contribution in [0.1, 0.15) is 23.1 Å². The summed E-state index contributed by atoms with van der Waals surface area (Å²) in [5.74, 6) is -0.342. The van der Waals surface area contributed by atoms with Crippen LogP contribution in [0.4, 0.5) is 5.69 Å². The maximum absolute atomic E-state index is 12.2. The summed E-state index contributed by atoms with van der Waals surface area (Å²) in [5.41, 5.74) is 2.69. The maximum atomic E-state index is 12.2. The molecular formula is C19H21N3O3S. The van der Waals surface area contributed by atoms with E-state index in [9.17, 15) is 13.2 Å². The van der Waals surface area contributed by atoms with Crippen molar-refractivity contribution in [1.82, 2.24) is 4.31 Å². The van der Waals surface area contributed by atoms with E-state index in [0.29, 0.717) is 11.3 Å². The summed E-state index contributed by atoms with van der Waals surface area (Å²) in [6, 6.07) is 16.3. The summed E-state index contributed by atoms with van der Waals surface area (Å²) in [5, 5.41) is 11.7. The van der Waals surface area contributed by atoms with Gasteiger partial charge in [0.15, 0.2) is 0 Å². The Balaban J connectivity index is 2.03. The van der Waals surface area contributed by atoms with Gasteiger partial charge in [-0.15, -0.1) is 0 Å². The van der Waals surface area contributed by atoms with Gasteiger partial charge in [0.25, 0.3) is 0 Å². The minimum atomic E-state index is -3.46. The van der Waals surface area contributed by atoms with Crippen molar-refractivity contribution in [2.24, 2.45) is 0 Å². The molecule has 1 amide bonds. The molecule has 0 aliphatic carbocycles. The van der Waals surface area contributed by atoms with Gasteiger partial charge in [0.1, 0.15) is 6.07 Å². The molecule has 26 heavy (non-hydrogen) atoms. The van der Waals surface area contributed by atoms with Crippen molar-refractivity contribution in [1.29, 1.82) is 5.26 Å². The fourth-order valence-electron chi connectivity index (χ4n) is 2.50. The number of hydrogen-bond donors (Lipinski definition) is 1. The van der Waals surface area contributed by atoms with Gasteiger partial charge in [-0.25, -0.2) is 8.42 Å². The van der Waals surface area contributed by atoms with Crippen molar-refractivity contribution in [3.05, 3.63) is 65.2 Å². The molecule has 0 spiro atoms. The van der Waals surface area contributed by atoms with E-state index in [-0.39, 0.29) is 25.4 Å². The average Bonchev–Trinajstić information content (AvgIpc) is 2.58. The van der Waals surface area contributed by atoms with Crippen LogP contribution in [0.25, 0.3) is 0 Å². The predicted molar refractivity (Wildman–Crippen MR) is 101 cm³/mol. The van der Waals surface area contributed by atoms with Crippen molar-refractivity contribution < 1.29 is 13.2 Å². The number of benzene rings is 2. The summed E-state index contributed by atoms with van der Waals surface area (Å²) >= 11 is 0. The number of carbonyl (C=O) groups excluding carboxylic acids is 1. The van der Waals surface area contributed by atoms with Crippen LogP contribution in [0.3, 0.4) is 0 Å². The number of sulfonamides is 1. The number of para-hydroxylation sites is 1. The van der Waals surface area contributed by atoms with E-state index in [1.165, 1.54) is 4.31 Å². The molecule has 0 saturated carbocycles. The van der Waals surface area contributed by atoms with Gasteiger partial charge in [0.2, 0.25) is 15.9 Å². The van der Waals surface area contributed by atoms with Crippen LogP contribution in [-0.2, 0) is 21.4 Å². The van der Waals surface area contributed by atoms with E-state index >= 15 is 0 Å². The number of anilines is 1. The maximum Gasteiger partial charge on any atom is 0.225 e. The van der Waals surface area contributed by atoms with Crippen LogP contribution in [0, 0.1) is 18.3 Å². The van der Waals surface area contributed by atoms with Crippen molar-refractivity contribution in [3.8, 4) is 6.07 Å². The molecule has 0 bridgehead atoms. The standard InChI is InChI=1S/C19H21N3O3S/c1-15-6-5-7-16(12-15)14-22(26(2,24)25)11-10-19(23)21-18-9-4-3-8-17(18)13-20/h3-9,12H,10-11,14H2,1-2H3,(H,21,23). The Hall–Kier alpha value is -2.69. The monoisotopic (exact) mass is 371 g/mol. The zero-order valence-corrected chi connectivity index (χ0v) is 15.6. The summed E-state index contributed by atoms with van der Waals surface area (Å²) in [6.07, 6.45) is 1.13. The molecule has 2 aromatic rings. The molecule has 0 aliphatic heterocycles. The summed E-state index contributed by atoms with van der Waals surface area (Å²) in [6.45, 7) is 2.21. The normalized spacial score (nSPS) is 11.2. The van der Waals surface area contributed by atoms with Crippen molar-refractivity contribution in [3.63, 3.8) is 0 Å². The molecule has 0 saturated heterocycles. The fraction of sp³-hybridized carbons (Fsp3) is 0.263. The Morgan fingerprint density at radius 2 is 1.92 bits per heavy atom. The van der Waals surface area contributed by atoms with Crippen molar-refractivity contribution in [2.75, 3.05) is 18.1 Å². The molecule has 0 aromatic heterocycles. The molecule has 0 fully saturated rings. The Labute approximate surface area is 154 Å². The van der Waals surface area contributed by atoms with Gasteiger partial charge in [-0.3, -0.25) is 4.79 Å². The first kappa shape index (κ1) is 19.6. The Bertz CT molecular complexity index is 933. The third-order valence-electron chi connectivity index (χ3n) is 3.82.